The maximum atomic E-state index is 13.2. The van der Waals surface area contributed by atoms with Crippen molar-refractivity contribution in [3.05, 3.63) is 83.8 Å². The fourth-order valence-corrected chi connectivity index (χ4v) is 4.27. The number of nitrogens with one attached hydrogen (secondary N) is 1. The van der Waals surface area contributed by atoms with Crippen molar-refractivity contribution in [3.8, 4) is 22.4 Å². The Morgan fingerprint density at radius 1 is 0.967 bits per heavy atom. The first-order valence-corrected chi connectivity index (χ1v) is 10.2. The minimum absolute atomic E-state index is 0.0659. The van der Waals surface area contributed by atoms with Gasteiger partial charge in [-0.3, -0.25) is 14.6 Å². The largest absolute Gasteiger partial charge is 0.338 e. The molecule has 1 amide bonds. The lowest BCUT2D eigenvalue weighted by atomic mass is 10.0. The molecule has 30 heavy (non-hydrogen) atoms. The Bertz CT molecular complexity index is 1180. The molecule has 2 aromatic heterocycles. The number of hydrogen-bond acceptors (Lipinski definition) is 3. The molecule has 3 heterocycles. The van der Waals surface area contributed by atoms with Crippen molar-refractivity contribution in [2.24, 2.45) is 7.05 Å². The van der Waals surface area contributed by atoms with Crippen molar-refractivity contribution in [2.45, 2.75) is 12.8 Å². The van der Waals surface area contributed by atoms with E-state index < -0.39 is 0 Å². The van der Waals surface area contributed by atoms with Gasteiger partial charge in [-0.25, -0.2) is 0 Å². The number of aromatic nitrogens is 4. The lowest BCUT2D eigenvalue weighted by Gasteiger charge is -2.21. The fraction of sp³-hybridized carbons (Fsp3) is 0.208. The monoisotopic (exact) mass is 397 g/mol. The number of H-pyrrole nitrogens is 1. The van der Waals surface area contributed by atoms with Gasteiger partial charge in [0.25, 0.3) is 5.91 Å². The zero-order chi connectivity index (χ0) is 20.5. The molecular weight excluding hydrogens is 374 g/mol. The van der Waals surface area contributed by atoms with Crippen LogP contribution in [0.15, 0.2) is 67.0 Å². The van der Waals surface area contributed by atoms with Crippen LogP contribution in [0, 0.1) is 0 Å². The van der Waals surface area contributed by atoms with Gasteiger partial charge in [0.1, 0.15) is 0 Å². The predicted octanol–water partition coefficient (Wildman–Crippen LogP) is 3.72. The molecule has 2 aromatic carbocycles. The van der Waals surface area contributed by atoms with E-state index in [1.807, 2.05) is 65.3 Å². The van der Waals surface area contributed by atoms with Gasteiger partial charge in [-0.15, -0.1) is 0 Å². The van der Waals surface area contributed by atoms with E-state index >= 15 is 0 Å². The van der Waals surface area contributed by atoms with Crippen LogP contribution in [-0.2, 0) is 19.9 Å². The summed E-state index contributed by atoms with van der Waals surface area (Å²) in [7, 11) is 2.00. The van der Waals surface area contributed by atoms with Gasteiger partial charge in [0.15, 0.2) is 0 Å². The first-order valence-electron chi connectivity index (χ1n) is 10.2. The van der Waals surface area contributed by atoms with Crippen LogP contribution in [-0.4, -0.2) is 43.9 Å². The number of hydrogen-bond donors (Lipinski definition) is 1. The summed E-state index contributed by atoms with van der Waals surface area (Å²) in [5, 5.41) is 11.6. The molecule has 0 atom stereocenters. The molecule has 4 aromatic rings. The highest BCUT2D eigenvalue weighted by Gasteiger charge is 2.25. The van der Waals surface area contributed by atoms with Crippen LogP contribution in [0.4, 0.5) is 0 Å². The second-order valence-electron chi connectivity index (χ2n) is 7.62. The van der Waals surface area contributed by atoms with E-state index in [9.17, 15) is 4.79 Å². The summed E-state index contributed by atoms with van der Waals surface area (Å²) in [6.45, 7) is 1.36. The summed E-state index contributed by atoms with van der Waals surface area (Å²) < 4.78 is 1.98. The summed E-state index contributed by atoms with van der Waals surface area (Å²) in [6.07, 6.45) is 5.18. The van der Waals surface area contributed by atoms with E-state index in [2.05, 4.69) is 22.3 Å². The van der Waals surface area contributed by atoms with Crippen molar-refractivity contribution in [3.63, 3.8) is 0 Å². The molecule has 5 rings (SSSR count). The van der Waals surface area contributed by atoms with Gasteiger partial charge in [-0.2, -0.15) is 10.2 Å². The molecule has 1 aliphatic rings. The predicted molar refractivity (Wildman–Crippen MR) is 116 cm³/mol. The maximum Gasteiger partial charge on any atom is 0.253 e. The number of fused-ring (bicyclic) bond motifs is 1. The van der Waals surface area contributed by atoms with E-state index in [-0.39, 0.29) is 5.91 Å². The molecule has 0 bridgehead atoms. The molecule has 0 aliphatic carbocycles. The van der Waals surface area contributed by atoms with Crippen molar-refractivity contribution < 1.29 is 4.79 Å². The average molecular weight is 397 g/mol. The Labute approximate surface area is 175 Å². The minimum Gasteiger partial charge on any atom is -0.338 e. The highest BCUT2D eigenvalue weighted by Crippen LogP contribution is 2.29. The van der Waals surface area contributed by atoms with E-state index in [1.165, 1.54) is 11.1 Å². The molecular formula is C24H23N5O. The average Bonchev–Trinajstić information content (AvgIpc) is 3.38. The van der Waals surface area contributed by atoms with Crippen LogP contribution in [0.5, 0.6) is 0 Å². The molecule has 6 heteroatoms. The number of benzene rings is 2. The van der Waals surface area contributed by atoms with Gasteiger partial charge in [-0.1, -0.05) is 42.5 Å². The standard InChI is InChI=1S/C24H23N5O/c1-28-23(17-6-3-2-4-7-17)21-10-12-29(13-11-22(21)27-28)24(30)19-9-5-8-18(14-19)20-15-25-26-16-20/h2-9,14-16H,10-13H2,1H3,(H,25,26). The first kappa shape index (κ1) is 18.4. The summed E-state index contributed by atoms with van der Waals surface area (Å²) in [5.41, 5.74) is 7.34. The number of carbonyl (C=O) groups is 1. The minimum atomic E-state index is 0.0659. The van der Waals surface area contributed by atoms with Gasteiger partial charge >= 0.3 is 0 Å². The lowest BCUT2D eigenvalue weighted by molar-refractivity contribution is 0.0762. The molecule has 0 fully saturated rings. The number of rotatable bonds is 3. The third-order valence-corrected chi connectivity index (χ3v) is 5.75. The number of amides is 1. The Balaban J connectivity index is 1.39. The van der Waals surface area contributed by atoms with Crippen molar-refractivity contribution >= 4 is 5.91 Å². The van der Waals surface area contributed by atoms with Crippen LogP contribution in [0.25, 0.3) is 22.4 Å². The first-order chi connectivity index (χ1) is 14.7. The Morgan fingerprint density at radius 2 is 1.77 bits per heavy atom. The molecule has 0 radical (unpaired) electrons. The quantitative estimate of drug-likeness (QED) is 0.573. The number of carbonyl (C=O) groups excluding carboxylic acids is 1. The molecule has 6 nitrogen and oxygen atoms in total. The van der Waals surface area contributed by atoms with E-state index in [4.69, 9.17) is 5.10 Å². The normalized spacial score (nSPS) is 13.7. The third-order valence-electron chi connectivity index (χ3n) is 5.75. The van der Waals surface area contributed by atoms with Gasteiger partial charge in [0, 0.05) is 55.0 Å². The van der Waals surface area contributed by atoms with Crippen LogP contribution < -0.4 is 0 Å². The molecule has 1 N–H and O–H groups in total. The SMILES string of the molecule is Cn1nc2c(c1-c1ccccc1)CCN(C(=O)c1cccc(-c3cn[nH]c3)c1)CC2. The topological polar surface area (TPSA) is 66.8 Å². The summed E-state index contributed by atoms with van der Waals surface area (Å²) in [6, 6.07) is 18.1. The highest BCUT2D eigenvalue weighted by atomic mass is 16.2. The van der Waals surface area contributed by atoms with Crippen molar-refractivity contribution in [1.82, 2.24) is 24.9 Å². The van der Waals surface area contributed by atoms with Crippen molar-refractivity contribution in [2.75, 3.05) is 13.1 Å². The second kappa shape index (κ2) is 7.63. The smallest absolute Gasteiger partial charge is 0.253 e. The molecule has 0 saturated heterocycles. The second-order valence-corrected chi connectivity index (χ2v) is 7.62. The van der Waals surface area contributed by atoms with E-state index in [0.29, 0.717) is 18.7 Å². The molecule has 150 valence electrons. The van der Waals surface area contributed by atoms with E-state index in [1.54, 1.807) is 6.20 Å². The molecule has 0 spiro atoms. The van der Waals surface area contributed by atoms with Gasteiger partial charge in [0.05, 0.1) is 17.6 Å². The van der Waals surface area contributed by atoms with Gasteiger partial charge in [-0.05, 0) is 24.1 Å². The van der Waals surface area contributed by atoms with Crippen LogP contribution in [0.3, 0.4) is 0 Å². The highest BCUT2D eigenvalue weighted by molar-refractivity contribution is 5.95. The Morgan fingerprint density at radius 3 is 2.57 bits per heavy atom. The van der Waals surface area contributed by atoms with Crippen molar-refractivity contribution in [1.29, 1.82) is 0 Å². The number of aromatic amines is 1. The summed E-state index contributed by atoms with van der Waals surface area (Å²) >= 11 is 0. The van der Waals surface area contributed by atoms with Crippen LogP contribution >= 0.6 is 0 Å². The number of aryl methyl sites for hydroxylation is 1. The zero-order valence-corrected chi connectivity index (χ0v) is 16.9. The zero-order valence-electron chi connectivity index (χ0n) is 16.9. The van der Waals surface area contributed by atoms with Crippen LogP contribution in [0.1, 0.15) is 21.6 Å². The third kappa shape index (κ3) is 3.30. The summed E-state index contributed by atoms with van der Waals surface area (Å²) in [4.78, 5) is 15.2. The summed E-state index contributed by atoms with van der Waals surface area (Å²) in [5.74, 6) is 0.0659. The van der Waals surface area contributed by atoms with Crippen LogP contribution in [0.2, 0.25) is 0 Å². The molecule has 1 aliphatic heterocycles. The van der Waals surface area contributed by atoms with Gasteiger partial charge < -0.3 is 4.90 Å². The van der Waals surface area contributed by atoms with Gasteiger partial charge in [0.2, 0.25) is 0 Å². The Hall–Kier alpha value is -3.67. The molecule has 0 saturated carbocycles. The fourth-order valence-electron chi connectivity index (χ4n) is 4.27. The Kier molecular flexibility index (Phi) is 4.67. The number of nitrogens with zero attached hydrogens (tertiary/aromatic N) is 4. The maximum absolute atomic E-state index is 13.2. The lowest BCUT2D eigenvalue weighted by Crippen LogP contribution is -2.33. The van der Waals surface area contributed by atoms with E-state index in [0.717, 1.165) is 35.4 Å². The molecule has 0 unspecified atom stereocenters.